The fourth-order valence-electron chi connectivity index (χ4n) is 2.14. The second kappa shape index (κ2) is 5.57. The molecule has 0 radical (unpaired) electrons. The molecule has 0 aliphatic carbocycles. The lowest BCUT2D eigenvalue weighted by Crippen LogP contribution is -2.12. The van der Waals surface area contributed by atoms with E-state index in [1.54, 1.807) is 0 Å². The zero-order valence-corrected chi connectivity index (χ0v) is 13.2. The molecule has 0 unspecified atom stereocenters. The molecule has 1 aromatic rings. The van der Waals surface area contributed by atoms with Gasteiger partial charge in [0.05, 0.1) is 0 Å². The summed E-state index contributed by atoms with van der Waals surface area (Å²) < 4.78 is 22.2. The fraction of sp³-hybridized carbons (Fsp3) is 0.273. The molecule has 0 fully saturated rings. The highest BCUT2D eigenvalue weighted by Gasteiger charge is 2.35. The van der Waals surface area contributed by atoms with Crippen molar-refractivity contribution in [2.75, 3.05) is 0 Å². The molecule has 4 N–H and O–H groups in total. The van der Waals surface area contributed by atoms with E-state index in [-0.39, 0.29) is 16.7 Å². The normalized spacial score (nSPS) is 12.3. The lowest BCUT2D eigenvalue weighted by atomic mass is 9.94. The van der Waals surface area contributed by atoms with E-state index in [2.05, 4.69) is 0 Å². The van der Waals surface area contributed by atoms with Crippen molar-refractivity contribution < 1.29 is 38.3 Å². The van der Waals surface area contributed by atoms with Gasteiger partial charge in [0.2, 0.25) is 0 Å². The van der Waals surface area contributed by atoms with Crippen molar-refractivity contribution in [3.8, 4) is 0 Å². The maximum absolute atomic E-state index is 11.8. The second-order valence-electron chi connectivity index (χ2n) is 4.58. The monoisotopic (exact) mass is 336 g/mol. The van der Waals surface area contributed by atoms with E-state index in [9.17, 15) is 18.7 Å². The van der Waals surface area contributed by atoms with Crippen LogP contribution in [0.5, 0.6) is 0 Å². The third-order valence-electron chi connectivity index (χ3n) is 2.93. The van der Waals surface area contributed by atoms with Crippen molar-refractivity contribution in [2.24, 2.45) is 0 Å². The van der Waals surface area contributed by atoms with Crippen molar-refractivity contribution in [1.29, 1.82) is 0 Å². The Morgan fingerprint density at radius 1 is 0.810 bits per heavy atom. The SMILES string of the molecule is Cc1cc(C)c(C(=O)P(=O)(O)O)c(C)c1C(=O)P(=O)(O)O. The van der Waals surface area contributed by atoms with Crippen molar-refractivity contribution in [2.45, 2.75) is 20.8 Å². The van der Waals surface area contributed by atoms with Gasteiger partial charge >= 0.3 is 15.2 Å². The van der Waals surface area contributed by atoms with Crippen LogP contribution in [0.3, 0.4) is 0 Å². The van der Waals surface area contributed by atoms with Crippen molar-refractivity contribution in [3.63, 3.8) is 0 Å². The van der Waals surface area contributed by atoms with E-state index in [1.165, 1.54) is 26.8 Å². The van der Waals surface area contributed by atoms with E-state index in [1.807, 2.05) is 0 Å². The molecular formula is C11H14O8P2. The lowest BCUT2D eigenvalue weighted by molar-refractivity contribution is 0.103. The summed E-state index contributed by atoms with van der Waals surface area (Å²) in [7, 11) is -10.2. The largest absolute Gasteiger partial charge is 0.396 e. The van der Waals surface area contributed by atoms with Gasteiger partial charge in [-0.05, 0) is 37.5 Å². The van der Waals surface area contributed by atoms with Crippen LogP contribution in [-0.4, -0.2) is 30.6 Å². The van der Waals surface area contributed by atoms with Gasteiger partial charge in [0.15, 0.2) is 0 Å². The quantitative estimate of drug-likeness (QED) is 0.600. The molecule has 0 saturated heterocycles. The molecule has 0 bridgehead atoms. The van der Waals surface area contributed by atoms with Gasteiger partial charge in [-0.3, -0.25) is 18.7 Å². The first-order chi connectivity index (χ1) is 9.28. The number of aryl methyl sites for hydroxylation is 2. The number of carbonyl (C=O) groups excluding carboxylic acids is 2. The standard InChI is InChI=1S/C11H14O8P2/c1-5-4-6(2)9(11(13)21(17,18)19)7(3)8(5)10(12)20(14,15)16/h4H,1-3H3,(H2,14,15,16)(H2,17,18,19). The third kappa shape index (κ3) is 3.55. The number of hydrogen-bond acceptors (Lipinski definition) is 4. The van der Waals surface area contributed by atoms with Gasteiger partial charge in [0.25, 0.3) is 11.0 Å². The molecule has 8 nitrogen and oxygen atoms in total. The Morgan fingerprint density at radius 3 is 1.33 bits per heavy atom. The molecule has 1 rings (SSSR count). The van der Waals surface area contributed by atoms with Crippen LogP contribution in [-0.2, 0) is 9.13 Å². The first kappa shape index (κ1) is 17.9. The van der Waals surface area contributed by atoms with Gasteiger partial charge in [-0.2, -0.15) is 0 Å². The summed E-state index contributed by atoms with van der Waals surface area (Å²) in [5.41, 5.74) is -3.51. The average molecular weight is 336 g/mol. The number of hydrogen-bond donors (Lipinski definition) is 4. The number of benzene rings is 1. The molecule has 0 aliphatic heterocycles. The number of rotatable bonds is 4. The first-order valence-electron chi connectivity index (χ1n) is 5.60. The Bertz CT molecular complexity index is 666. The van der Waals surface area contributed by atoms with Gasteiger partial charge in [-0.15, -0.1) is 0 Å². The van der Waals surface area contributed by atoms with Crippen LogP contribution < -0.4 is 0 Å². The Morgan fingerprint density at radius 2 is 1.10 bits per heavy atom. The summed E-state index contributed by atoms with van der Waals surface area (Å²) in [6.45, 7) is 4.04. The molecular weight excluding hydrogens is 322 g/mol. The zero-order chi connectivity index (χ0) is 16.7. The van der Waals surface area contributed by atoms with Crippen LogP contribution in [0.4, 0.5) is 0 Å². The van der Waals surface area contributed by atoms with Crippen LogP contribution in [0.1, 0.15) is 37.4 Å². The molecule has 10 heteroatoms. The van der Waals surface area contributed by atoms with Crippen molar-refractivity contribution in [3.05, 3.63) is 33.9 Å². The van der Waals surface area contributed by atoms with Gasteiger partial charge in [-0.1, -0.05) is 6.07 Å². The highest BCUT2D eigenvalue weighted by Crippen LogP contribution is 2.45. The molecule has 0 saturated carbocycles. The molecule has 21 heavy (non-hydrogen) atoms. The maximum atomic E-state index is 11.8. The van der Waals surface area contributed by atoms with E-state index in [0.717, 1.165) is 0 Å². The summed E-state index contributed by atoms with van der Waals surface area (Å²) in [5, 5.41) is 0. The minimum Gasteiger partial charge on any atom is -0.319 e. The molecule has 0 atom stereocenters. The van der Waals surface area contributed by atoms with E-state index in [4.69, 9.17) is 19.6 Å². The van der Waals surface area contributed by atoms with Gasteiger partial charge < -0.3 is 19.6 Å². The zero-order valence-electron chi connectivity index (χ0n) is 11.4. The smallest absolute Gasteiger partial charge is 0.319 e. The van der Waals surface area contributed by atoms with Crippen LogP contribution in [0.25, 0.3) is 0 Å². The van der Waals surface area contributed by atoms with Crippen LogP contribution in [0.2, 0.25) is 0 Å². The maximum Gasteiger partial charge on any atom is 0.396 e. The van der Waals surface area contributed by atoms with Crippen molar-refractivity contribution >= 4 is 26.2 Å². The molecule has 0 aliphatic rings. The fourth-order valence-corrected chi connectivity index (χ4v) is 3.41. The Labute approximate surface area is 120 Å². The highest BCUT2D eigenvalue weighted by atomic mass is 31.2. The summed E-state index contributed by atoms with van der Waals surface area (Å²) in [5.74, 6) is 0. The van der Waals surface area contributed by atoms with E-state index < -0.39 is 37.4 Å². The summed E-state index contributed by atoms with van der Waals surface area (Å²) in [4.78, 5) is 59.4. The summed E-state index contributed by atoms with van der Waals surface area (Å²) in [6.07, 6.45) is 0. The predicted molar refractivity (Wildman–Crippen MR) is 73.4 cm³/mol. The van der Waals surface area contributed by atoms with E-state index >= 15 is 0 Å². The Hall–Kier alpha value is -1.14. The Kier molecular flexibility index (Phi) is 4.75. The minimum atomic E-state index is -5.08. The van der Waals surface area contributed by atoms with Crippen LogP contribution in [0.15, 0.2) is 6.07 Å². The van der Waals surface area contributed by atoms with Gasteiger partial charge in [-0.25, -0.2) is 0 Å². The van der Waals surface area contributed by atoms with Gasteiger partial charge in [0.1, 0.15) is 0 Å². The van der Waals surface area contributed by atoms with E-state index in [0.29, 0.717) is 0 Å². The average Bonchev–Trinajstić information content (AvgIpc) is 2.25. The predicted octanol–water partition coefficient (Wildman–Crippen LogP) is 1.25. The number of carbonyl (C=O) groups is 2. The van der Waals surface area contributed by atoms with Crippen molar-refractivity contribution in [1.82, 2.24) is 0 Å². The minimum absolute atomic E-state index is 0.158. The third-order valence-corrected chi connectivity index (χ3v) is 4.43. The molecule has 116 valence electrons. The highest BCUT2D eigenvalue weighted by molar-refractivity contribution is 7.71. The van der Waals surface area contributed by atoms with Gasteiger partial charge in [0, 0.05) is 11.1 Å². The molecule has 1 aromatic carbocycles. The second-order valence-corrected chi connectivity index (χ2v) is 7.57. The molecule has 0 amide bonds. The Balaban J connectivity index is 3.73. The molecule has 0 heterocycles. The lowest BCUT2D eigenvalue weighted by Gasteiger charge is -2.16. The summed E-state index contributed by atoms with van der Waals surface area (Å²) >= 11 is 0. The molecule has 0 aromatic heterocycles. The first-order valence-corrected chi connectivity index (χ1v) is 8.82. The molecule has 0 spiro atoms. The van der Waals surface area contributed by atoms with Crippen LogP contribution >= 0.6 is 15.2 Å². The summed E-state index contributed by atoms with van der Waals surface area (Å²) in [6, 6.07) is 1.28. The topological polar surface area (TPSA) is 149 Å². The van der Waals surface area contributed by atoms with Crippen LogP contribution in [0, 0.1) is 20.8 Å².